The predicted octanol–water partition coefficient (Wildman–Crippen LogP) is 18.4. The van der Waals surface area contributed by atoms with Gasteiger partial charge >= 0.3 is 0 Å². The van der Waals surface area contributed by atoms with Gasteiger partial charge in [0.05, 0.1) is 22.3 Å². The molecule has 5 heteroatoms. The molecule has 0 saturated heterocycles. The van der Waals surface area contributed by atoms with Crippen molar-refractivity contribution in [1.29, 1.82) is 0 Å². The number of nitrogens with zero attached hydrogens (tertiary/aromatic N) is 3. The Balaban J connectivity index is 0.00000660. The predicted molar refractivity (Wildman–Crippen MR) is 307 cm³/mol. The van der Waals surface area contributed by atoms with E-state index >= 15 is 0 Å². The third-order valence-electron chi connectivity index (χ3n) is 15.4. The third kappa shape index (κ3) is 10.5. The number of hydrogen-bond acceptors (Lipinski definition) is 3. The fraction of sp³-hybridized carbons (Fsp3) is 0.229. The van der Waals surface area contributed by atoms with Crippen molar-refractivity contribution in [2.24, 2.45) is 5.92 Å². The number of aromatic nitrogens is 3. The van der Waals surface area contributed by atoms with Crippen molar-refractivity contribution in [1.82, 2.24) is 14.5 Å². The fourth-order valence-electron chi connectivity index (χ4n) is 11.3. The van der Waals surface area contributed by atoms with E-state index in [4.69, 9.17) is 9.97 Å². The van der Waals surface area contributed by atoms with Gasteiger partial charge in [-0.1, -0.05) is 209 Å². The minimum absolute atomic E-state index is 0. The van der Waals surface area contributed by atoms with Gasteiger partial charge in [0.25, 0.3) is 0 Å². The number of imidazole rings is 1. The van der Waals surface area contributed by atoms with E-state index < -0.39 is 18.2 Å². The molecule has 10 aromatic rings. The van der Waals surface area contributed by atoms with Gasteiger partial charge in [-0.3, -0.25) is 9.55 Å². The van der Waals surface area contributed by atoms with Gasteiger partial charge < -0.3 is 5.11 Å². The van der Waals surface area contributed by atoms with Crippen LogP contribution >= 0.6 is 0 Å². The van der Waals surface area contributed by atoms with E-state index in [2.05, 4.69) is 135 Å². The van der Waals surface area contributed by atoms with Crippen LogP contribution < -0.4 is 0 Å². The molecule has 2 fully saturated rings. The SMILES string of the molecule is [2H]C1(c2ccccc2)CCC([2H])(c2ccc(-c3ccnc(-c4[c-]c(-c5cccc6c5nc(-c5cc(C(C)(C)C)ccc5O)n6-c5ccc(C([2H])([2H])C6CCCC6)cc5-c5ccccc5)cc(-c5ccccc5)c4)c3)cc2)CC1.[Pt]. The summed E-state index contributed by atoms with van der Waals surface area (Å²) in [7, 11) is 0. The number of fused-ring (bicyclic) bond motifs is 1. The first-order valence-corrected chi connectivity index (χ1v) is 26.5. The first-order valence-electron chi connectivity index (χ1n) is 28.5. The van der Waals surface area contributed by atoms with Crippen LogP contribution in [0.25, 0.3) is 83.9 Å². The summed E-state index contributed by atoms with van der Waals surface area (Å²) in [5, 5.41) is 11.9. The molecule has 12 rings (SSSR count). The molecule has 2 aliphatic carbocycles. The van der Waals surface area contributed by atoms with E-state index in [-0.39, 0.29) is 38.1 Å². The quantitative estimate of drug-likeness (QED) is 0.131. The van der Waals surface area contributed by atoms with E-state index in [0.29, 0.717) is 42.6 Å². The molecule has 0 atom stereocenters. The van der Waals surface area contributed by atoms with E-state index in [0.717, 1.165) is 115 Å². The Hall–Kier alpha value is -7.13. The number of pyridine rings is 1. The van der Waals surface area contributed by atoms with Crippen LogP contribution in [0, 0.1) is 12.0 Å². The van der Waals surface area contributed by atoms with Crippen LogP contribution in [0.3, 0.4) is 0 Å². The van der Waals surface area contributed by atoms with Gasteiger partial charge in [-0.15, -0.1) is 23.8 Å². The Bertz CT molecular complexity index is 3800. The van der Waals surface area contributed by atoms with E-state index in [1.165, 1.54) is 0 Å². The Morgan fingerprint density at radius 1 is 0.573 bits per heavy atom. The minimum Gasteiger partial charge on any atom is -0.507 e. The average molecular weight is 1160 g/mol. The molecule has 376 valence electrons. The molecular weight excluding hydrogens is 1090 g/mol. The third-order valence-corrected chi connectivity index (χ3v) is 15.4. The largest absolute Gasteiger partial charge is 0.507 e. The summed E-state index contributed by atoms with van der Waals surface area (Å²) >= 11 is 0. The summed E-state index contributed by atoms with van der Waals surface area (Å²) in [5.74, 6) is -0.778. The minimum atomic E-state index is -1.51. The Morgan fingerprint density at radius 3 is 1.91 bits per heavy atom. The van der Waals surface area contributed by atoms with Crippen LogP contribution in [0.15, 0.2) is 200 Å². The molecule has 4 nitrogen and oxygen atoms in total. The molecule has 0 radical (unpaired) electrons. The molecule has 2 heterocycles. The summed E-state index contributed by atoms with van der Waals surface area (Å²) < 4.78 is 40.0. The van der Waals surface area contributed by atoms with Gasteiger partial charge in [-0.2, -0.15) is 0 Å². The maximum Gasteiger partial charge on any atom is 0.148 e. The van der Waals surface area contributed by atoms with E-state index in [1.807, 2.05) is 91.1 Å². The maximum absolute atomic E-state index is 11.9. The maximum atomic E-state index is 11.9. The zero-order chi connectivity index (χ0) is 53.8. The van der Waals surface area contributed by atoms with Crippen molar-refractivity contribution in [3.05, 3.63) is 229 Å². The number of phenolic OH excluding ortho intramolecular Hbond substituents is 1. The van der Waals surface area contributed by atoms with Gasteiger partial charge in [0.15, 0.2) is 0 Å². The average Bonchev–Trinajstić information content (AvgIpc) is 4.18. The monoisotopic (exact) mass is 1160 g/mol. The summed E-state index contributed by atoms with van der Waals surface area (Å²) in [4.78, 5) is 10.6. The Labute approximate surface area is 463 Å². The zero-order valence-corrected chi connectivity index (χ0v) is 45.2. The molecule has 2 aromatic heterocycles. The second-order valence-electron chi connectivity index (χ2n) is 21.3. The fourth-order valence-corrected chi connectivity index (χ4v) is 11.3. The summed E-state index contributed by atoms with van der Waals surface area (Å²) in [6.45, 7) is 6.51. The number of para-hydroxylation sites is 1. The molecule has 2 aliphatic rings. The van der Waals surface area contributed by atoms with Gasteiger partial charge in [-0.25, -0.2) is 4.98 Å². The van der Waals surface area contributed by atoms with E-state index in [9.17, 15) is 10.6 Å². The van der Waals surface area contributed by atoms with Crippen LogP contribution in [0.2, 0.25) is 0 Å². The molecule has 75 heavy (non-hydrogen) atoms. The number of hydrogen-bond donors (Lipinski definition) is 1. The molecule has 8 aromatic carbocycles. The first kappa shape index (κ1) is 45.3. The normalized spacial score (nSPS) is 18.9. The first-order chi connectivity index (χ1) is 37.6. The van der Waals surface area contributed by atoms with Gasteiger partial charge in [0.2, 0.25) is 0 Å². The summed E-state index contributed by atoms with van der Waals surface area (Å²) in [5.41, 5.74) is 15.7. The second-order valence-corrected chi connectivity index (χ2v) is 21.3. The Morgan fingerprint density at radius 2 is 1.21 bits per heavy atom. The number of aromatic hydroxyl groups is 1. The molecule has 0 amide bonds. The van der Waals surface area contributed by atoms with E-state index in [1.54, 1.807) is 6.07 Å². The van der Waals surface area contributed by atoms with Crippen molar-refractivity contribution in [3.63, 3.8) is 0 Å². The van der Waals surface area contributed by atoms with Crippen molar-refractivity contribution in [3.8, 4) is 78.6 Å². The zero-order valence-electron chi connectivity index (χ0n) is 46.9. The topological polar surface area (TPSA) is 50.9 Å². The van der Waals surface area contributed by atoms with Crippen LogP contribution in [0.5, 0.6) is 5.75 Å². The standard InChI is InChI=1S/C70H64N3O.Pt/c1-70(2,3)60-35-37-67(74)63(46-60)69-72-68-61(24-15-25-66(68)73(69)65-36-26-48(40-47-16-13-14-17-47)41-62(65)55-22-11-6-12-23-55)58-42-57(50-20-9-5-10-21-50)43-59(44-58)64-45-56(38-39-71-64)54-33-31-53(32-34-54)52-29-27-51(28-30-52)49-18-7-4-8-19-49;/h4-12,15,18-26,31-39,41-43,45-47,51-52,74H,13-14,16-17,27-30,40H2,1-3H3;/q-1;/i40D2,51D,52D;. The van der Waals surface area contributed by atoms with Gasteiger partial charge in [0, 0.05) is 44.0 Å². The van der Waals surface area contributed by atoms with Crippen molar-refractivity contribution in [2.75, 3.05) is 0 Å². The molecule has 2 saturated carbocycles. The molecule has 1 N–H and O–H groups in total. The van der Waals surface area contributed by atoms with Crippen molar-refractivity contribution >= 4 is 11.0 Å². The van der Waals surface area contributed by atoms with Crippen molar-refractivity contribution in [2.45, 2.75) is 95.7 Å². The number of phenols is 1. The van der Waals surface area contributed by atoms with Crippen LogP contribution in [-0.4, -0.2) is 19.6 Å². The molecule has 0 aliphatic heterocycles. The summed E-state index contributed by atoms with van der Waals surface area (Å²) in [6, 6.07) is 69.5. The molecule has 0 spiro atoms. The molecule has 0 bridgehead atoms. The number of benzene rings is 8. The number of rotatable bonds is 11. The molecule has 0 unspecified atom stereocenters. The van der Waals surface area contributed by atoms with Gasteiger partial charge in [0.1, 0.15) is 11.6 Å². The summed E-state index contributed by atoms with van der Waals surface area (Å²) in [6.07, 6.45) is 6.73. The van der Waals surface area contributed by atoms with Crippen molar-refractivity contribution < 1.29 is 31.7 Å². The van der Waals surface area contributed by atoms with Crippen LogP contribution in [0.4, 0.5) is 0 Å². The molecular formula is C70H64N3OPt-. The van der Waals surface area contributed by atoms with Crippen LogP contribution in [-0.2, 0) is 32.9 Å². The van der Waals surface area contributed by atoms with Gasteiger partial charge in [-0.05, 0) is 136 Å². The van der Waals surface area contributed by atoms with Crippen LogP contribution in [0.1, 0.15) is 112 Å². The Kier molecular flexibility index (Phi) is 13.0. The second kappa shape index (κ2) is 21.6. The smallest absolute Gasteiger partial charge is 0.148 e.